The summed E-state index contributed by atoms with van der Waals surface area (Å²) in [7, 11) is 1.57. The quantitative estimate of drug-likeness (QED) is 0.0819. The Balaban J connectivity index is 0.747. The third-order valence-electron chi connectivity index (χ3n) is 16.0. The largest absolute Gasteiger partial charge is 0.488 e. The Morgan fingerprint density at radius 3 is 2.44 bits per heavy atom. The minimum absolute atomic E-state index is 0.0416. The number of aliphatic hydroxyl groups excluding tert-OH is 1. The average molecular weight is 1070 g/mol. The van der Waals surface area contributed by atoms with Crippen LogP contribution in [-0.2, 0) is 30.3 Å². The van der Waals surface area contributed by atoms with Crippen LogP contribution >= 0.6 is 22.9 Å². The number of rotatable bonds is 13. The molecule has 15 nitrogen and oxygen atoms in total. The number of nitrogens with one attached hydrogen (secondary N) is 2. The highest BCUT2D eigenvalue weighted by molar-refractivity contribution is 7.15. The second-order valence-electron chi connectivity index (χ2n) is 20.2. The minimum Gasteiger partial charge on any atom is -0.488 e. The van der Waals surface area contributed by atoms with Crippen LogP contribution in [0.1, 0.15) is 94.9 Å². The number of primary amides is 1. The van der Waals surface area contributed by atoms with E-state index in [2.05, 4.69) is 25.5 Å². The molecule has 11 rings (SSSR count). The standard InChI is InChI=1S/C54H56ClF4N9O6S/c1-28-42-39(26-36(57)46(55)45(42)44-33(50(60)71)9-11-38(47(44)58)73-23-22-69)74-54(28,30-6-4-3-5-7-30)27-61-31-8-10-37-40(24-31)75-53(62-37)67-19-14-32(15-20-67)66-17-12-29(13-18-66)43-35(56)25-34-49(48(43)59)65(2)64-51(34)68-21-16-41(70)63-52(68)72/h3-7,9,11,25-26,28-29,31-32,61,69H,8,10,12-24,27H2,1-2H3,(H2,60,71)(H,63,70,72). The van der Waals surface area contributed by atoms with Gasteiger partial charge in [-0.25, -0.2) is 27.3 Å². The number of hydrogen-bond acceptors (Lipinski definition) is 12. The van der Waals surface area contributed by atoms with Crippen LogP contribution in [0.2, 0.25) is 5.02 Å². The molecule has 3 unspecified atom stereocenters. The molecule has 3 atom stereocenters. The third-order valence-corrected chi connectivity index (χ3v) is 17.5. The number of anilines is 2. The number of urea groups is 1. The fourth-order valence-electron chi connectivity index (χ4n) is 12.1. The summed E-state index contributed by atoms with van der Waals surface area (Å²) in [5, 5.41) is 20.6. The molecule has 6 heterocycles. The maximum Gasteiger partial charge on any atom is 0.329 e. The number of piperidine rings is 2. The summed E-state index contributed by atoms with van der Waals surface area (Å²) < 4.78 is 78.4. The van der Waals surface area contributed by atoms with Crippen molar-refractivity contribution in [3.63, 3.8) is 0 Å². The molecule has 394 valence electrons. The monoisotopic (exact) mass is 1070 g/mol. The van der Waals surface area contributed by atoms with Crippen LogP contribution in [0.3, 0.4) is 0 Å². The third kappa shape index (κ3) is 9.04. The van der Waals surface area contributed by atoms with Crippen molar-refractivity contribution in [3.05, 3.63) is 116 Å². The first-order valence-corrected chi connectivity index (χ1v) is 26.6. The Morgan fingerprint density at radius 1 is 0.960 bits per heavy atom. The Kier molecular flexibility index (Phi) is 13.8. The van der Waals surface area contributed by atoms with Crippen LogP contribution in [0.5, 0.6) is 11.5 Å². The van der Waals surface area contributed by atoms with Crippen molar-refractivity contribution >= 4 is 62.6 Å². The number of hydrogen-bond donors (Lipinski definition) is 4. The van der Waals surface area contributed by atoms with E-state index in [0.29, 0.717) is 44.1 Å². The molecule has 6 aromatic rings. The van der Waals surface area contributed by atoms with Crippen LogP contribution in [-0.4, -0.2) is 107 Å². The van der Waals surface area contributed by atoms with Gasteiger partial charge in [0.15, 0.2) is 33.9 Å². The summed E-state index contributed by atoms with van der Waals surface area (Å²) in [6.07, 6.45) is 5.44. The molecule has 0 saturated carbocycles. The zero-order chi connectivity index (χ0) is 52.4. The second kappa shape index (κ2) is 20.3. The molecular formula is C54H56ClF4N9O6S. The summed E-state index contributed by atoms with van der Waals surface area (Å²) >= 11 is 8.46. The van der Waals surface area contributed by atoms with Crippen LogP contribution < -0.4 is 35.6 Å². The lowest BCUT2D eigenvalue weighted by atomic mass is 9.77. The fraction of sp³-hybridized carbons (Fsp3) is 0.426. The number of amides is 4. The highest BCUT2D eigenvalue weighted by Crippen LogP contribution is 2.57. The molecule has 1 aliphatic carbocycles. The van der Waals surface area contributed by atoms with Crippen molar-refractivity contribution in [1.82, 2.24) is 30.3 Å². The first kappa shape index (κ1) is 50.8. The molecule has 5 N–H and O–H groups in total. The lowest BCUT2D eigenvalue weighted by Gasteiger charge is -2.42. The number of fused-ring (bicyclic) bond motifs is 3. The van der Waals surface area contributed by atoms with Gasteiger partial charge in [-0.3, -0.25) is 24.5 Å². The topological polar surface area (TPSA) is 180 Å². The lowest BCUT2D eigenvalue weighted by Crippen LogP contribution is -2.49. The van der Waals surface area contributed by atoms with E-state index in [4.69, 9.17) is 31.8 Å². The van der Waals surface area contributed by atoms with Crippen molar-refractivity contribution < 1.29 is 46.5 Å². The van der Waals surface area contributed by atoms with Crippen molar-refractivity contribution in [3.8, 4) is 22.6 Å². The van der Waals surface area contributed by atoms with E-state index in [1.165, 1.54) is 38.7 Å². The van der Waals surface area contributed by atoms with Gasteiger partial charge in [0.1, 0.15) is 29.5 Å². The van der Waals surface area contributed by atoms with Crippen LogP contribution in [0.15, 0.2) is 54.6 Å². The number of aromatic nitrogens is 3. The highest BCUT2D eigenvalue weighted by Gasteiger charge is 2.50. The predicted molar refractivity (Wildman–Crippen MR) is 276 cm³/mol. The number of carbonyl (C=O) groups is 3. The Bertz CT molecular complexity index is 3240. The molecule has 2 aromatic heterocycles. The van der Waals surface area contributed by atoms with Gasteiger partial charge >= 0.3 is 6.03 Å². The van der Waals surface area contributed by atoms with E-state index >= 15 is 17.6 Å². The summed E-state index contributed by atoms with van der Waals surface area (Å²) in [5.41, 5.74) is 6.56. The summed E-state index contributed by atoms with van der Waals surface area (Å²) in [4.78, 5) is 49.6. The molecular weight excluding hydrogens is 1010 g/mol. The van der Waals surface area contributed by atoms with Gasteiger partial charge < -0.3 is 35.4 Å². The first-order chi connectivity index (χ1) is 36.1. The summed E-state index contributed by atoms with van der Waals surface area (Å²) in [6.45, 7) is 4.75. The molecule has 4 aliphatic heterocycles. The fourth-order valence-corrected chi connectivity index (χ4v) is 13.6. The van der Waals surface area contributed by atoms with E-state index in [1.807, 2.05) is 37.3 Å². The summed E-state index contributed by atoms with van der Waals surface area (Å²) in [5.74, 6) is -5.39. The SMILES string of the molecule is CC1c2c(cc(F)c(Cl)c2-c2c(C(N)=O)ccc(OCCO)c2F)OC1(CNC1CCc2nc(N3CCC(N4CCC(c5c(F)cc6c(N7CCC(=O)NC7=O)nn(C)c6c5F)CC4)CC3)sc2C1)c1ccccc1. The van der Waals surface area contributed by atoms with Gasteiger partial charge in [0.05, 0.1) is 28.3 Å². The van der Waals surface area contributed by atoms with Gasteiger partial charge in [0.2, 0.25) is 11.8 Å². The zero-order valence-corrected chi connectivity index (χ0v) is 42.9. The number of thiazole rings is 1. The van der Waals surface area contributed by atoms with Gasteiger partial charge in [0.25, 0.3) is 0 Å². The number of benzene rings is 4. The predicted octanol–water partition coefficient (Wildman–Crippen LogP) is 8.21. The number of aryl methyl sites for hydroxylation is 2. The van der Waals surface area contributed by atoms with Crippen LogP contribution in [0.25, 0.3) is 22.0 Å². The van der Waals surface area contributed by atoms with Crippen molar-refractivity contribution in [2.75, 3.05) is 62.3 Å². The van der Waals surface area contributed by atoms with Crippen molar-refractivity contribution in [2.24, 2.45) is 12.8 Å². The molecule has 21 heteroatoms. The molecule has 3 fully saturated rings. The van der Waals surface area contributed by atoms with Gasteiger partial charge in [-0.05, 0) is 87.7 Å². The number of nitrogens with two attached hydrogens (primary N) is 1. The molecule has 3 saturated heterocycles. The molecule has 0 spiro atoms. The summed E-state index contributed by atoms with van der Waals surface area (Å²) in [6, 6.07) is 14.3. The number of halogens is 5. The van der Waals surface area contributed by atoms with E-state index in [9.17, 15) is 19.5 Å². The molecule has 0 radical (unpaired) electrons. The maximum atomic E-state index is 16.5. The Hall–Kier alpha value is -6.32. The van der Waals surface area contributed by atoms with E-state index in [1.54, 1.807) is 18.4 Å². The minimum atomic E-state index is -1.12. The molecule has 5 aliphatic rings. The molecule has 0 bridgehead atoms. The van der Waals surface area contributed by atoms with Crippen molar-refractivity contribution in [2.45, 2.75) is 87.8 Å². The first-order valence-electron chi connectivity index (χ1n) is 25.4. The highest BCUT2D eigenvalue weighted by atomic mass is 35.5. The Labute approximate surface area is 438 Å². The second-order valence-corrected chi connectivity index (χ2v) is 21.6. The van der Waals surface area contributed by atoms with Crippen LogP contribution in [0.4, 0.5) is 33.3 Å². The number of ether oxygens (including phenoxy) is 2. The van der Waals surface area contributed by atoms with Gasteiger partial charge in [-0.2, -0.15) is 5.10 Å². The van der Waals surface area contributed by atoms with Crippen molar-refractivity contribution in [1.29, 1.82) is 0 Å². The number of carbonyl (C=O) groups excluding carboxylic acids is 3. The van der Waals surface area contributed by atoms with Gasteiger partial charge in [-0.15, -0.1) is 11.3 Å². The molecule has 4 amide bonds. The maximum absolute atomic E-state index is 16.5. The van der Waals surface area contributed by atoms with E-state index < -0.39 is 57.7 Å². The number of likely N-dealkylation sites (tertiary alicyclic amines) is 1. The zero-order valence-electron chi connectivity index (χ0n) is 41.4. The number of nitrogens with zero attached hydrogens (tertiary/aromatic N) is 6. The van der Waals surface area contributed by atoms with E-state index in [-0.39, 0.29) is 88.6 Å². The normalized spacial score (nSPS) is 21.6. The number of aliphatic hydroxyl groups is 1. The van der Waals surface area contributed by atoms with E-state index in [0.717, 1.165) is 61.6 Å². The number of imide groups is 1. The molecule has 4 aromatic carbocycles. The van der Waals surface area contributed by atoms with Crippen LogP contribution in [0, 0.1) is 23.3 Å². The Morgan fingerprint density at radius 2 is 1.72 bits per heavy atom. The molecule has 75 heavy (non-hydrogen) atoms. The lowest BCUT2D eigenvalue weighted by molar-refractivity contribution is -0.120. The smallest absolute Gasteiger partial charge is 0.329 e. The average Bonchev–Trinajstić information content (AvgIpc) is 4.07. The van der Waals surface area contributed by atoms with Gasteiger partial charge in [-0.1, -0.05) is 48.9 Å². The van der Waals surface area contributed by atoms with Gasteiger partial charge in [0, 0.05) is 90.8 Å².